The van der Waals surface area contributed by atoms with E-state index in [1.807, 2.05) is 5.32 Å². The number of alkyl halides is 3. The van der Waals surface area contributed by atoms with E-state index >= 15 is 0 Å². The smallest absolute Gasteiger partial charge is 0.478 e. The van der Waals surface area contributed by atoms with Crippen molar-refractivity contribution >= 4 is 17.7 Å². The highest BCUT2D eigenvalue weighted by atomic mass is 19.4. The second kappa shape index (κ2) is 6.64. The highest BCUT2D eigenvalue weighted by Crippen LogP contribution is 2.27. The van der Waals surface area contributed by atoms with Crippen LogP contribution in [0.15, 0.2) is 30.9 Å². The van der Waals surface area contributed by atoms with Gasteiger partial charge in [-0.25, -0.2) is 9.59 Å². The lowest BCUT2D eigenvalue weighted by molar-refractivity contribution is -0.274. The second-order valence-corrected chi connectivity index (χ2v) is 3.57. The summed E-state index contributed by atoms with van der Waals surface area (Å²) in [6.45, 7) is 3.15. The van der Waals surface area contributed by atoms with E-state index in [1.165, 1.54) is 6.08 Å². The number of carbonyl (C=O) groups is 2. The Labute approximate surface area is 116 Å². The SMILES string of the molecule is C=CCOC(=O)Nc1cc(OC(F)(F)F)ccc1C(=O)O. The van der Waals surface area contributed by atoms with Gasteiger partial charge >= 0.3 is 18.4 Å². The molecule has 0 aromatic heterocycles. The van der Waals surface area contributed by atoms with Crippen LogP contribution in [0, 0.1) is 0 Å². The number of carbonyl (C=O) groups excluding carboxylic acids is 1. The van der Waals surface area contributed by atoms with Gasteiger partial charge in [0.2, 0.25) is 0 Å². The van der Waals surface area contributed by atoms with Crippen LogP contribution in [0.1, 0.15) is 10.4 Å². The van der Waals surface area contributed by atoms with Crippen molar-refractivity contribution in [2.45, 2.75) is 6.36 Å². The molecule has 0 saturated carbocycles. The maximum Gasteiger partial charge on any atom is 0.573 e. The van der Waals surface area contributed by atoms with E-state index < -0.39 is 35.4 Å². The normalized spacial score (nSPS) is 10.6. The minimum Gasteiger partial charge on any atom is -0.478 e. The summed E-state index contributed by atoms with van der Waals surface area (Å²) in [5, 5.41) is 10.9. The molecule has 0 atom stereocenters. The Balaban J connectivity index is 3.01. The fraction of sp³-hybridized carbons (Fsp3) is 0.167. The van der Waals surface area contributed by atoms with Crippen molar-refractivity contribution in [3.05, 3.63) is 36.4 Å². The Bertz CT molecular complexity index is 556. The number of hydrogen-bond donors (Lipinski definition) is 2. The van der Waals surface area contributed by atoms with E-state index in [2.05, 4.69) is 16.1 Å². The molecule has 0 radical (unpaired) electrons. The Morgan fingerprint density at radius 2 is 2.05 bits per heavy atom. The molecule has 21 heavy (non-hydrogen) atoms. The highest BCUT2D eigenvalue weighted by molar-refractivity contribution is 5.99. The summed E-state index contributed by atoms with van der Waals surface area (Å²) in [6, 6.07) is 2.41. The molecule has 0 spiro atoms. The van der Waals surface area contributed by atoms with Crippen LogP contribution in [0.5, 0.6) is 5.75 Å². The van der Waals surface area contributed by atoms with Gasteiger partial charge in [0.25, 0.3) is 0 Å². The molecule has 0 aliphatic carbocycles. The molecule has 0 unspecified atom stereocenters. The average molecular weight is 305 g/mol. The number of benzene rings is 1. The molecule has 0 bridgehead atoms. The predicted molar refractivity (Wildman–Crippen MR) is 65.3 cm³/mol. The number of rotatable bonds is 5. The fourth-order valence-corrected chi connectivity index (χ4v) is 1.29. The monoisotopic (exact) mass is 305 g/mol. The molecule has 1 aromatic carbocycles. The average Bonchev–Trinajstić information content (AvgIpc) is 2.34. The summed E-state index contributed by atoms with van der Waals surface area (Å²) in [6.07, 6.45) is -4.71. The van der Waals surface area contributed by atoms with Gasteiger partial charge in [-0.15, -0.1) is 13.2 Å². The van der Waals surface area contributed by atoms with E-state index in [4.69, 9.17) is 5.11 Å². The summed E-state index contributed by atoms with van der Waals surface area (Å²) in [7, 11) is 0. The van der Waals surface area contributed by atoms with Crippen molar-refractivity contribution in [2.24, 2.45) is 0 Å². The molecule has 1 aromatic rings. The molecule has 114 valence electrons. The van der Waals surface area contributed by atoms with Gasteiger partial charge in [0.1, 0.15) is 12.4 Å². The van der Waals surface area contributed by atoms with Gasteiger partial charge < -0.3 is 14.6 Å². The van der Waals surface area contributed by atoms with Crippen LogP contribution in [-0.2, 0) is 4.74 Å². The van der Waals surface area contributed by atoms with Crippen LogP contribution in [0.3, 0.4) is 0 Å². The first-order chi connectivity index (χ1) is 9.73. The number of carboxylic acids is 1. The molecule has 2 N–H and O–H groups in total. The van der Waals surface area contributed by atoms with E-state index in [0.29, 0.717) is 0 Å². The molecule has 0 fully saturated rings. The van der Waals surface area contributed by atoms with Gasteiger partial charge in [-0.2, -0.15) is 0 Å². The highest BCUT2D eigenvalue weighted by Gasteiger charge is 2.31. The first-order valence-electron chi connectivity index (χ1n) is 5.40. The quantitative estimate of drug-likeness (QED) is 0.817. The van der Waals surface area contributed by atoms with Crippen molar-refractivity contribution in [2.75, 3.05) is 11.9 Å². The van der Waals surface area contributed by atoms with Gasteiger partial charge in [0, 0.05) is 6.07 Å². The van der Waals surface area contributed by atoms with Crippen molar-refractivity contribution in [1.82, 2.24) is 0 Å². The Morgan fingerprint density at radius 3 is 2.57 bits per heavy atom. The molecule has 1 rings (SSSR count). The minimum atomic E-state index is -4.94. The number of aromatic carboxylic acids is 1. The summed E-state index contributed by atoms with van der Waals surface area (Å²) in [5.41, 5.74) is -0.807. The number of nitrogens with one attached hydrogen (secondary N) is 1. The first-order valence-corrected chi connectivity index (χ1v) is 5.40. The van der Waals surface area contributed by atoms with Crippen LogP contribution in [0.4, 0.5) is 23.7 Å². The van der Waals surface area contributed by atoms with Gasteiger partial charge in [-0.05, 0) is 12.1 Å². The second-order valence-electron chi connectivity index (χ2n) is 3.57. The molecule has 1 amide bonds. The van der Waals surface area contributed by atoms with Crippen molar-refractivity contribution in [3.8, 4) is 5.75 Å². The number of carboxylic acid groups (broad SMARTS) is 1. The molecule has 0 saturated heterocycles. The van der Waals surface area contributed by atoms with Crippen molar-refractivity contribution in [1.29, 1.82) is 0 Å². The lowest BCUT2D eigenvalue weighted by Gasteiger charge is -2.12. The Kier molecular flexibility index (Phi) is 5.17. The zero-order valence-electron chi connectivity index (χ0n) is 10.4. The van der Waals surface area contributed by atoms with Crippen molar-refractivity contribution in [3.63, 3.8) is 0 Å². The summed E-state index contributed by atoms with van der Waals surface area (Å²) in [5.74, 6) is -2.11. The Morgan fingerprint density at radius 1 is 1.38 bits per heavy atom. The molecule has 0 aliphatic heterocycles. The molecular weight excluding hydrogens is 295 g/mol. The molecule has 9 heteroatoms. The van der Waals surface area contributed by atoms with E-state index in [0.717, 1.165) is 18.2 Å². The third-order valence-electron chi connectivity index (χ3n) is 2.02. The largest absolute Gasteiger partial charge is 0.573 e. The minimum absolute atomic E-state index is 0.146. The molecule has 0 heterocycles. The van der Waals surface area contributed by atoms with Crippen molar-refractivity contribution < 1.29 is 37.3 Å². The van der Waals surface area contributed by atoms with E-state index in [1.54, 1.807) is 0 Å². The number of hydrogen-bond acceptors (Lipinski definition) is 4. The number of halogens is 3. The van der Waals surface area contributed by atoms with Gasteiger partial charge in [-0.3, -0.25) is 5.32 Å². The van der Waals surface area contributed by atoms with E-state index in [-0.39, 0.29) is 6.61 Å². The maximum absolute atomic E-state index is 12.1. The zero-order valence-corrected chi connectivity index (χ0v) is 10.4. The predicted octanol–water partition coefficient (Wildman–Crippen LogP) is 3.02. The summed E-state index contributed by atoms with van der Waals surface area (Å²) < 4.78 is 44.5. The molecule has 6 nitrogen and oxygen atoms in total. The standard InChI is InChI=1S/C12H10F3NO5/c1-2-5-20-11(19)16-9-6-7(21-12(13,14)15)3-4-8(9)10(17)18/h2-4,6H,1,5H2,(H,16,19)(H,17,18). The van der Waals surface area contributed by atoms with Gasteiger partial charge in [-0.1, -0.05) is 12.7 Å². The van der Waals surface area contributed by atoms with Crippen LogP contribution in [-0.4, -0.2) is 30.1 Å². The number of ether oxygens (including phenoxy) is 2. The van der Waals surface area contributed by atoms with E-state index in [9.17, 15) is 22.8 Å². The van der Waals surface area contributed by atoms with Crippen LogP contribution in [0.2, 0.25) is 0 Å². The lowest BCUT2D eigenvalue weighted by atomic mass is 10.1. The maximum atomic E-state index is 12.1. The number of amides is 1. The first kappa shape index (κ1) is 16.3. The number of anilines is 1. The van der Waals surface area contributed by atoms with Crippen LogP contribution >= 0.6 is 0 Å². The molecule has 0 aliphatic rings. The fourth-order valence-electron chi connectivity index (χ4n) is 1.29. The van der Waals surface area contributed by atoms with Crippen LogP contribution in [0.25, 0.3) is 0 Å². The summed E-state index contributed by atoms with van der Waals surface area (Å²) in [4.78, 5) is 22.2. The summed E-state index contributed by atoms with van der Waals surface area (Å²) >= 11 is 0. The lowest BCUT2D eigenvalue weighted by Crippen LogP contribution is -2.19. The zero-order chi connectivity index (χ0) is 16.0. The Hall–Kier alpha value is -2.71. The van der Waals surface area contributed by atoms with Gasteiger partial charge in [0.05, 0.1) is 11.3 Å². The topological polar surface area (TPSA) is 84.9 Å². The third kappa shape index (κ3) is 5.43. The van der Waals surface area contributed by atoms with Crippen LogP contribution < -0.4 is 10.1 Å². The molecular formula is C12H10F3NO5. The third-order valence-corrected chi connectivity index (χ3v) is 2.02. The van der Waals surface area contributed by atoms with Gasteiger partial charge in [0.15, 0.2) is 0 Å².